The Morgan fingerprint density at radius 1 is 0.871 bits per heavy atom. The second kappa shape index (κ2) is 9.90. The van der Waals surface area contributed by atoms with Gasteiger partial charge >= 0.3 is 0 Å². The summed E-state index contributed by atoms with van der Waals surface area (Å²) >= 11 is 1.37. The number of carbonyl (C=O) groups is 2. The fourth-order valence-corrected chi connectivity index (χ4v) is 3.56. The molecule has 1 atom stereocenters. The monoisotopic (exact) mass is 435 g/mol. The Kier molecular flexibility index (Phi) is 7.04. The Balaban J connectivity index is 1.54. The minimum atomic E-state index is -0.489. The Hall–Kier alpha value is -3.65. The minimum Gasteiger partial charge on any atom is -0.325 e. The number of rotatable bonds is 7. The van der Waals surface area contributed by atoms with Crippen LogP contribution in [-0.4, -0.2) is 22.0 Å². The molecule has 7 nitrogen and oxygen atoms in total. The summed E-state index contributed by atoms with van der Waals surface area (Å²) in [4.78, 5) is 35.8. The van der Waals surface area contributed by atoms with Crippen molar-refractivity contribution in [2.24, 2.45) is 0 Å². The van der Waals surface area contributed by atoms with Crippen LogP contribution in [0.3, 0.4) is 0 Å². The molecule has 158 valence electrons. The molecule has 0 aliphatic carbocycles. The Bertz CT molecular complexity index is 1080. The fourth-order valence-electron chi connectivity index (χ4n) is 2.69. The number of nitrogens with one attached hydrogen (secondary N) is 2. The molecule has 2 amide bonds. The van der Waals surface area contributed by atoms with Crippen LogP contribution in [0.5, 0.6) is 0 Å². The minimum absolute atomic E-state index is 0.0324. The third-order valence-electron chi connectivity index (χ3n) is 4.45. The number of nitro benzene ring substituents is 1. The molecular weight excluding hydrogens is 414 g/mol. The van der Waals surface area contributed by atoms with Gasteiger partial charge in [0.25, 0.3) is 11.6 Å². The van der Waals surface area contributed by atoms with E-state index in [-0.39, 0.29) is 22.8 Å². The van der Waals surface area contributed by atoms with Gasteiger partial charge in [0.05, 0.1) is 10.2 Å². The van der Waals surface area contributed by atoms with Gasteiger partial charge in [-0.3, -0.25) is 19.7 Å². The van der Waals surface area contributed by atoms with Crippen LogP contribution in [0.1, 0.15) is 22.8 Å². The van der Waals surface area contributed by atoms with E-state index in [1.54, 1.807) is 31.2 Å². The second-order valence-corrected chi connectivity index (χ2v) is 8.31. The third-order valence-corrected chi connectivity index (χ3v) is 5.57. The van der Waals surface area contributed by atoms with Crippen LogP contribution in [0.15, 0.2) is 77.7 Å². The summed E-state index contributed by atoms with van der Waals surface area (Å²) in [7, 11) is 0. The van der Waals surface area contributed by atoms with Crippen LogP contribution in [0, 0.1) is 17.0 Å². The first-order chi connectivity index (χ1) is 14.8. The van der Waals surface area contributed by atoms with Crippen molar-refractivity contribution in [3.8, 4) is 0 Å². The van der Waals surface area contributed by atoms with Gasteiger partial charge in [-0.25, -0.2) is 0 Å². The standard InChI is InChI=1S/C23H21N3O4S/c1-15-3-5-17(6-4-15)23(28)25-19-9-13-21(14-10-19)31-16(2)22(27)24-18-7-11-20(12-8-18)26(29)30/h3-14,16H,1-2H3,(H,24,27)(H,25,28). The Morgan fingerprint density at radius 3 is 2.00 bits per heavy atom. The lowest BCUT2D eigenvalue weighted by atomic mass is 10.1. The summed E-state index contributed by atoms with van der Waals surface area (Å²) in [6.07, 6.45) is 0. The Morgan fingerprint density at radius 2 is 1.42 bits per heavy atom. The summed E-state index contributed by atoms with van der Waals surface area (Å²) in [6, 6.07) is 20.3. The van der Waals surface area contributed by atoms with Gasteiger partial charge in [0.1, 0.15) is 0 Å². The number of amides is 2. The number of carbonyl (C=O) groups excluding carboxylic acids is 2. The lowest BCUT2D eigenvalue weighted by Gasteiger charge is -2.12. The zero-order valence-corrected chi connectivity index (χ0v) is 17.8. The number of nitro groups is 1. The van der Waals surface area contributed by atoms with E-state index in [9.17, 15) is 19.7 Å². The van der Waals surface area contributed by atoms with Crippen LogP contribution < -0.4 is 10.6 Å². The SMILES string of the molecule is Cc1ccc(C(=O)Nc2ccc(SC(C)C(=O)Nc3ccc([N+](=O)[O-])cc3)cc2)cc1. The van der Waals surface area contributed by atoms with Crippen molar-refractivity contribution in [1.82, 2.24) is 0 Å². The van der Waals surface area contributed by atoms with Crippen LogP contribution in [0.25, 0.3) is 0 Å². The largest absolute Gasteiger partial charge is 0.325 e. The molecule has 3 aromatic carbocycles. The first-order valence-electron chi connectivity index (χ1n) is 9.52. The van der Waals surface area contributed by atoms with Crippen molar-refractivity contribution < 1.29 is 14.5 Å². The number of nitrogens with zero attached hydrogens (tertiary/aromatic N) is 1. The van der Waals surface area contributed by atoms with Gasteiger partial charge in [-0.1, -0.05) is 17.7 Å². The Labute approximate surface area is 184 Å². The molecule has 0 heterocycles. The van der Waals surface area contributed by atoms with Crippen molar-refractivity contribution in [3.05, 3.63) is 94.0 Å². The smallest absolute Gasteiger partial charge is 0.269 e. The highest BCUT2D eigenvalue weighted by molar-refractivity contribution is 8.00. The average Bonchev–Trinajstić information content (AvgIpc) is 2.76. The van der Waals surface area contributed by atoms with Gasteiger partial charge in [-0.15, -0.1) is 11.8 Å². The molecule has 0 radical (unpaired) electrons. The van der Waals surface area contributed by atoms with Gasteiger partial charge in [0, 0.05) is 34.0 Å². The van der Waals surface area contributed by atoms with Gasteiger partial charge in [0.2, 0.25) is 5.91 Å². The maximum atomic E-state index is 12.4. The van der Waals surface area contributed by atoms with Crippen molar-refractivity contribution >= 4 is 40.6 Å². The quantitative estimate of drug-likeness (QED) is 0.299. The molecule has 2 N–H and O–H groups in total. The van der Waals surface area contributed by atoms with E-state index < -0.39 is 4.92 Å². The van der Waals surface area contributed by atoms with Crippen molar-refractivity contribution in [2.45, 2.75) is 24.0 Å². The maximum Gasteiger partial charge on any atom is 0.269 e. The number of thioether (sulfide) groups is 1. The van der Waals surface area contributed by atoms with Gasteiger partial charge in [0.15, 0.2) is 0 Å². The fraction of sp³-hybridized carbons (Fsp3) is 0.130. The topological polar surface area (TPSA) is 101 Å². The number of aryl methyl sites for hydroxylation is 1. The highest BCUT2D eigenvalue weighted by atomic mass is 32.2. The molecule has 3 rings (SSSR count). The predicted molar refractivity (Wildman–Crippen MR) is 123 cm³/mol. The van der Waals surface area contributed by atoms with Crippen LogP contribution in [0.2, 0.25) is 0 Å². The van der Waals surface area contributed by atoms with Crippen LogP contribution >= 0.6 is 11.8 Å². The molecule has 0 saturated carbocycles. The van der Waals surface area contributed by atoms with E-state index in [0.717, 1.165) is 10.5 Å². The molecule has 0 saturated heterocycles. The van der Waals surface area contributed by atoms with E-state index in [1.165, 1.54) is 36.0 Å². The van der Waals surface area contributed by atoms with E-state index >= 15 is 0 Å². The normalized spacial score (nSPS) is 11.4. The van der Waals surface area contributed by atoms with Gasteiger partial charge in [-0.2, -0.15) is 0 Å². The molecule has 0 aliphatic rings. The first kappa shape index (κ1) is 22.0. The highest BCUT2D eigenvalue weighted by Crippen LogP contribution is 2.26. The number of non-ortho nitro benzene ring substituents is 1. The molecule has 0 aliphatic heterocycles. The lowest BCUT2D eigenvalue weighted by Crippen LogP contribution is -2.22. The second-order valence-electron chi connectivity index (χ2n) is 6.90. The predicted octanol–water partition coefficient (Wildman–Crippen LogP) is 5.27. The lowest BCUT2D eigenvalue weighted by molar-refractivity contribution is -0.384. The molecule has 0 aromatic heterocycles. The van der Waals surface area contributed by atoms with Crippen molar-refractivity contribution in [1.29, 1.82) is 0 Å². The highest BCUT2D eigenvalue weighted by Gasteiger charge is 2.15. The third kappa shape index (κ3) is 6.16. The van der Waals surface area contributed by atoms with Crippen molar-refractivity contribution in [2.75, 3.05) is 10.6 Å². The number of benzene rings is 3. The zero-order valence-electron chi connectivity index (χ0n) is 17.0. The summed E-state index contributed by atoms with van der Waals surface area (Å²) in [6.45, 7) is 3.74. The first-order valence-corrected chi connectivity index (χ1v) is 10.4. The molecule has 31 heavy (non-hydrogen) atoms. The van der Waals surface area contributed by atoms with E-state index in [1.807, 2.05) is 31.2 Å². The number of anilines is 2. The molecule has 0 spiro atoms. The summed E-state index contributed by atoms with van der Waals surface area (Å²) in [5.74, 6) is -0.396. The summed E-state index contributed by atoms with van der Waals surface area (Å²) in [5, 5.41) is 15.9. The summed E-state index contributed by atoms with van der Waals surface area (Å²) < 4.78 is 0. The van der Waals surface area contributed by atoms with Gasteiger partial charge in [-0.05, 0) is 62.4 Å². The van der Waals surface area contributed by atoms with E-state index in [4.69, 9.17) is 0 Å². The zero-order chi connectivity index (χ0) is 22.4. The van der Waals surface area contributed by atoms with Gasteiger partial charge < -0.3 is 10.6 Å². The van der Waals surface area contributed by atoms with Crippen molar-refractivity contribution in [3.63, 3.8) is 0 Å². The average molecular weight is 436 g/mol. The molecular formula is C23H21N3O4S. The molecule has 8 heteroatoms. The molecule has 1 unspecified atom stereocenters. The molecule has 0 bridgehead atoms. The molecule has 3 aromatic rings. The van der Waals surface area contributed by atoms with E-state index in [2.05, 4.69) is 10.6 Å². The summed E-state index contributed by atoms with van der Waals surface area (Å²) in [5.41, 5.74) is 2.80. The maximum absolute atomic E-state index is 12.4. The van der Waals surface area contributed by atoms with Crippen LogP contribution in [-0.2, 0) is 4.79 Å². The van der Waals surface area contributed by atoms with Crippen LogP contribution in [0.4, 0.5) is 17.1 Å². The van der Waals surface area contributed by atoms with E-state index in [0.29, 0.717) is 16.9 Å². The molecule has 0 fully saturated rings. The number of hydrogen-bond acceptors (Lipinski definition) is 5. The number of hydrogen-bond donors (Lipinski definition) is 2.